The number of anilines is 1. The van der Waals surface area contributed by atoms with Crippen molar-refractivity contribution in [3.63, 3.8) is 0 Å². The Balaban J connectivity index is 2.39. The second-order valence-corrected chi connectivity index (χ2v) is 5.41. The Hall–Kier alpha value is -1.50. The number of carbonyl (C=O) groups is 1. The van der Waals surface area contributed by atoms with E-state index in [9.17, 15) is 4.79 Å². The molecule has 2 aromatic rings. The SMILES string of the molecule is CNC(=O)Nc1nc(-c2cc(Cl)cc(Cl)c2OC)cs1. The molecule has 0 aliphatic rings. The van der Waals surface area contributed by atoms with Crippen LogP contribution in [0.3, 0.4) is 0 Å². The molecule has 1 heterocycles. The van der Waals surface area contributed by atoms with Crippen LogP contribution in [0.5, 0.6) is 5.75 Å². The fraction of sp³-hybridized carbons (Fsp3) is 0.167. The van der Waals surface area contributed by atoms with Crippen LogP contribution >= 0.6 is 34.5 Å². The molecule has 2 rings (SSSR count). The van der Waals surface area contributed by atoms with E-state index in [4.69, 9.17) is 27.9 Å². The molecule has 0 aliphatic heterocycles. The molecule has 0 aliphatic carbocycles. The smallest absolute Gasteiger partial charge is 0.320 e. The van der Waals surface area contributed by atoms with Crippen LogP contribution in [0.2, 0.25) is 10.0 Å². The number of carbonyl (C=O) groups excluding carboxylic acids is 1. The van der Waals surface area contributed by atoms with Crippen LogP contribution in [-0.4, -0.2) is 25.2 Å². The fourth-order valence-electron chi connectivity index (χ4n) is 1.57. The third-order valence-electron chi connectivity index (χ3n) is 2.44. The molecule has 0 bridgehead atoms. The summed E-state index contributed by atoms with van der Waals surface area (Å²) in [6.07, 6.45) is 0. The molecule has 5 nitrogen and oxygen atoms in total. The average molecular weight is 332 g/mol. The number of halogens is 2. The summed E-state index contributed by atoms with van der Waals surface area (Å²) < 4.78 is 5.27. The molecule has 0 unspecified atom stereocenters. The van der Waals surface area contributed by atoms with Crippen LogP contribution in [0.1, 0.15) is 0 Å². The lowest BCUT2D eigenvalue weighted by atomic mass is 10.1. The molecule has 2 N–H and O–H groups in total. The predicted molar refractivity (Wildman–Crippen MR) is 82.2 cm³/mol. The lowest BCUT2D eigenvalue weighted by molar-refractivity contribution is 0.254. The first-order valence-corrected chi connectivity index (χ1v) is 7.16. The molecule has 0 spiro atoms. The number of thiazole rings is 1. The third kappa shape index (κ3) is 3.15. The summed E-state index contributed by atoms with van der Waals surface area (Å²) in [6, 6.07) is 2.98. The van der Waals surface area contributed by atoms with Crippen LogP contribution in [0.15, 0.2) is 17.5 Å². The van der Waals surface area contributed by atoms with E-state index < -0.39 is 0 Å². The molecule has 1 aromatic carbocycles. The van der Waals surface area contributed by atoms with Crippen molar-refractivity contribution >= 4 is 45.7 Å². The predicted octanol–water partition coefficient (Wildman–Crippen LogP) is 3.88. The highest BCUT2D eigenvalue weighted by atomic mass is 35.5. The van der Waals surface area contributed by atoms with Gasteiger partial charge in [-0.1, -0.05) is 23.2 Å². The Bertz CT molecular complexity index is 646. The van der Waals surface area contributed by atoms with Gasteiger partial charge in [-0.15, -0.1) is 11.3 Å². The van der Waals surface area contributed by atoms with Crippen LogP contribution in [0, 0.1) is 0 Å². The molecule has 0 atom stereocenters. The Morgan fingerprint density at radius 3 is 2.80 bits per heavy atom. The Morgan fingerprint density at radius 1 is 1.40 bits per heavy atom. The van der Waals surface area contributed by atoms with Crippen LogP contribution in [0.25, 0.3) is 11.3 Å². The lowest BCUT2D eigenvalue weighted by Gasteiger charge is -2.09. The first kappa shape index (κ1) is 14.9. The van der Waals surface area contributed by atoms with Gasteiger partial charge in [0.25, 0.3) is 0 Å². The number of urea groups is 1. The maximum atomic E-state index is 11.2. The third-order valence-corrected chi connectivity index (χ3v) is 3.70. The van der Waals surface area contributed by atoms with Gasteiger partial charge in [0, 0.05) is 23.0 Å². The quantitative estimate of drug-likeness (QED) is 0.897. The Labute approximate surface area is 129 Å². The summed E-state index contributed by atoms with van der Waals surface area (Å²) in [6.45, 7) is 0. The minimum atomic E-state index is -0.331. The number of hydrogen-bond donors (Lipinski definition) is 2. The van der Waals surface area contributed by atoms with Gasteiger partial charge < -0.3 is 10.1 Å². The van der Waals surface area contributed by atoms with Crippen molar-refractivity contribution in [2.45, 2.75) is 0 Å². The summed E-state index contributed by atoms with van der Waals surface area (Å²) in [5.74, 6) is 0.493. The van der Waals surface area contributed by atoms with Crippen molar-refractivity contribution < 1.29 is 9.53 Å². The molecular formula is C12H11Cl2N3O2S. The Morgan fingerprint density at radius 2 is 2.15 bits per heavy atom. The monoisotopic (exact) mass is 331 g/mol. The molecule has 8 heteroatoms. The van der Waals surface area contributed by atoms with Gasteiger partial charge in [-0.25, -0.2) is 9.78 Å². The van der Waals surface area contributed by atoms with Crippen molar-refractivity contribution in [2.24, 2.45) is 0 Å². The van der Waals surface area contributed by atoms with Crippen molar-refractivity contribution in [2.75, 3.05) is 19.5 Å². The zero-order valence-corrected chi connectivity index (χ0v) is 13.0. The van der Waals surface area contributed by atoms with E-state index in [1.165, 1.54) is 25.5 Å². The van der Waals surface area contributed by atoms with Crippen molar-refractivity contribution in [1.29, 1.82) is 0 Å². The zero-order chi connectivity index (χ0) is 14.7. The molecule has 20 heavy (non-hydrogen) atoms. The largest absolute Gasteiger partial charge is 0.494 e. The van der Waals surface area contributed by atoms with Gasteiger partial charge in [0.15, 0.2) is 5.13 Å². The average Bonchev–Trinajstić information content (AvgIpc) is 2.86. The van der Waals surface area contributed by atoms with Gasteiger partial charge in [0.1, 0.15) is 5.75 Å². The highest BCUT2D eigenvalue weighted by Gasteiger charge is 2.15. The first-order valence-electron chi connectivity index (χ1n) is 5.52. The fourth-order valence-corrected chi connectivity index (χ4v) is 2.85. The standard InChI is InChI=1S/C12H11Cl2N3O2S/c1-15-11(18)17-12-16-9(5-20-12)7-3-6(13)4-8(14)10(7)19-2/h3-5H,1-2H3,(H2,15,16,17,18). The molecule has 0 fully saturated rings. The molecule has 2 amide bonds. The number of hydrogen-bond acceptors (Lipinski definition) is 4. The van der Waals surface area contributed by atoms with Crippen LogP contribution < -0.4 is 15.4 Å². The summed E-state index contributed by atoms with van der Waals surface area (Å²) >= 11 is 13.4. The minimum absolute atomic E-state index is 0.331. The van der Waals surface area contributed by atoms with Crippen LogP contribution in [-0.2, 0) is 0 Å². The number of ether oxygens (including phenoxy) is 1. The molecule has 0 radical (unpaired) electrons. The molecular weight excluding hydrogens is 321 g/mol. The topological polar surface area (TPSA) is 63.2 Å². The van der Waals surface area contributed by atoms with Gasteiger partial charge >= 0.3 is 6.03 Å². The van der Waals surface area contributed by atoms with Gasteiger partial charge in [-0.05, 0) is 12.1 Å². The maximum Gasteiger partial charge on any atom is 0.320 e. The molecule has 1 aromatic heterocycles. The van der Waals surface area contributed by atoms with E-state index >= 15 is 0 Å². The van der Waals surface area contributed by atoms with E-state index in [2.05, 4.69) is 15.6 Å². The van der Waals surface area contributed by atoms with Crippen molar-refractivity contribution in [3.8, 4) is 17.0 Å². The van der Waals surface area contributed by atoms with Crippen molar-refractivity contribution in [1.82, 2.24) is 10.3 Å². The van der Waals surface area contributed by atoms with Gasteiger partial charge in [0.2, 0.25) is 0 Å². The first-order chi connectivity index (χ1) is 9.55. The van der Waals surface area contributed by atoms with E-state index in [0.717, 1.165) is 0 Å². The summed E-state index contributed by atoms with van der Waals surface area (Å²) in [7, 11) is 3.05. The summed E-state index contributed by atoms with van der Waals surface area (Å²) in [5, 5.41) is 8.20. The lowest BCUT2D eigenvalue weighted by Crippen LogP contribution is -2.24. The number of benzene rings is 1. The van der Waals surface area contributed by atoms with Crippen molar-refractivity contribution in [3.05, 3.63) is 27.6 Å². The number of nitrogens with one attached hydrogen (secondary N) is 2. The van der Waals surface area contributed by atoms with Gasteiger partial charge in [0.05, 0.1) is 17.8 Å². The van der Waals surface area contributed by atoms with E-state index in [0.29, 0.717) is 32.2 Å². The summed E-state index contributed by atoms with van der Waals surface area (Å²) in [5.41, 5.74) is 1.30. The number of aromatic nitrogens is 1. The number of rotatable bonds is 3. The molecule has 0 saturated heterocycles. The number of nitrogens with zero attached hydrogens (tertiary/aromatic N) is 1. The van der Waals surface area contributed by atoms with E-state index in [-0.39, 0.29) is 6.03 Å². The second kappa shape index (κ2) is 6.30. The van der Waals surface area contributed by atoms with Gasteiger partial charge in [-0.3, -0.25) is 5.32 Å². The van der Waals surface area contributed by atoms with E-state index in [1.807, 2.05) is 0 Å². The zero-order valence-electron chi connectivity index (χ0n) is 10.7. The number of amides is 2. The molecule has 106 valence electrons. The highest BCUT2D eigenvalue weighted by Crippen LogP contribution is 2.39. The second-order valence-electron chi connectivity index (χ2n) is 3.71. The Kier molecular flexibility index (Phi) is 4.69. The summed E-state index contributed by atoms with van der Waals surface area (Å²) in [4.78, 5) is 15.5. The molecule has 0 saturated carbocycles. The minimum Gasteiger partial charge on any atom is -0.494 e. The maximum absolute atomic E-state index is 11.2. The van der Waals surface area contributed by atoms with Gasteiger partial charge in [-0.2, -0.15) is 0 Å². The number of methoxy groups -OCH3 is 1. The highest BCUT2D eigenvalue weighted by molar-refractivity contribution is 7.14. The van der Waals surface area contributed by atoms with E-state index in [1.54, 1.807) is 17.5 Å². The van der Waals surface area contributed by atoms with Crippen LogP contribution in [0.4, 0.5) is 9.93 Å². The normalized spacial score (nSPS) is 10.2.